The van der Waals surface area contributed by atoms with E-state index in [2.05, 4.69) is 101 Å². The first kappa shape index (κ1) is 24.1. The van der Waals surface area contributed by atoms with Crippen molar-refractivity contribution in [3.05, 3.63) is 125 Å². The van der Waals surface area contributed by atoms with Gasteiger partial charge in [-0.25, -0.2) is 0 Å². The summed E-state index contributed by atoms with van der Waals surface area (Å²) in [4.78, 5) is 0. The molecular weight excluding hydrogens is 466 g/mol. The van der Waals surface area contributed by atoms with Gasteiger partial charge in [-0.15, -0.1) is 0 Å². The van der Waals surface area contributed by atoms with E-state index in [9.17, 15) is 0 Å². The minimum atomic E-state index is -0.899. The van der Waals surface area contributed by atoms with Gasteiger partial charge >= 0.3 is 0 Å². The van der Waals surface area contributed by atoms with Crippen molar-refractivity contribution < 1.29 is 8.83 Å². The molecule has 2 heterocycles. The molecule has 4 heteroatoms. The summed E-state index contributed by atoms with van der Waals surface area (Å²) in [6, 6.07) is 22.2. The predicted molar refractivity (Wildman–Crippen MR) is 152 cm³/mol. The second-order valence-corrected chi connectivity index (χ2v) is 13.9. The maximum absolute atomic E-state index is 5.94. The quantitative estimate of drug-likeness (QED) is 0.255. The van der Waals surface area contributed by atoms with Crippen molar-refractivity contribution in [2.45, 2.75) is 40.3 Å². The number of benzene rings is 2. The third-order valence-electron chi connectivity index (χ3n) is 6.33. The van der Waals surface area contributed by atoms with Crippen LogP contribution in [0.1, 0.15) is 29.2 Å². The molecule has 4 aromatic rings. The van der Waals surface area contributed by atoms with Crippen LogP contribution >= 0.6 is 15.8 Å². The number of furan rings is 2. The zero-order chi connectivity index (χ0) is 24.5. The van der Waals surface area contributed by atoms with Crippen LogP contribution in [-0.4, -0.2) is 5.66 Å². The number of hydrogen-bond acceptors (Lipinski definition) is 2. The van der Waals surface area contributed by atoms with Crippen molar-refractivity contribution in [2.75, 3.05) is 0 Å². The van der Waals surface area contributed by atoms with E-state index in [4.69, 9.17) is 8.83 Å². The Labute approximate surface area is 211 Å². The highest BCUT2D eigenvalue weighted by Crippen LogP contribution is 2.56. The standard InChI is InChI=1S/C31H31O2P2/c1-21-15-22(2)18-26(17-21)34(27-19-23(3)16-24(4)20-27)25(5)28-9-6-10-29(28)35(30-11-7-13-32-30)31-12-8-14-33-31/h6-20,25H,1-5H3/t25-/m0/s1. The Morgan fingerprint density at radius 3 is 1.60 bits per heavy atom. The molecule has 0 saturated heterocycles. The molecule has 0 unspecified atom stereocenters. The fourth-order valence-electron chi connectivity index (χ4n) is 5.04. The highest BCUT2D eigenvalue weighted by atomic mass is 31.1. The summed E-state index contributed by atoms with van der Waals surface area (Å²) in [5, 5.41) is 4.18. The van der Waals surface area contributed by atoms with Crippen molar-refractivity contribution in [1.29, 1.82) is 0 Å². The molecule has 1 aliphatic carbocycles. The third-order valence-corrected chi connectivity index (χ3v) is 11.3. The van der Waals surface area contributed by atoms with Crippen LogP contribution < -0.4 is 21.6 Å². The van der Waals surface area contributed by atoms with Gasteiger partial charge in [0.25, 0.3) is 0 Å². The van der Waals surface area contributed by atoms with E-state index in [0.29, 0.717) is 5.66 Å². The summed E-state index contributed by atoms with van der Waals surface area (Å²) in [6.45, 7) is 11.2. The van der Waals surface area contributed by atoms with Crippen LogP contribution in [-0.2, 0) is 0 Å². The average Bonchev–Trinajstić information content (AvgIpc) is 3.57. The number of rotatable bonds is 7. The fraction of sp³-hybridized carbons (Fsp3) is 0.194. The van der Waals surface area contributed by atoms with E-state index in [1.54, 1.807) is 12.5 Å². The fourth-order valence-corrected chi connectivity index (χ4v) is 10.5. The SMILES string of the molecule is Cc1cc(C)cc(P(c2cc(C)cc(C)c2)[C@@H](C)[C]2C=CC=C2P(c2ccco2)c2ccco2)c1. The smallest absolute Gasteiger partial charge is 0.137 e. The molecule has 1 radical (unpaired) electrons. The topological polar surface area (TPSA) is 26.3 Å². The monoisotopic (exact) mass is 497 g/mol. The maximum Gasteiger partial charge on any atom is 0.137 e. The van der Waals surface area contributed by atoms with Crippen LogP contribution in [0.4, 0.5) is 0 Å². The lowest BCUT2D eigenvalue weighted by Crippen LogP contribution is -2.26. The predicted octanol–water partition coefficient (Wildman–Crippen LogP) is 7.09. The molecule has 177 valence electrons. The lowest BCUT2D eigenvalue weighted by molar-refractivity contribution is 0.593. The molecule has 35 heavy (non-hydrogen) atoms. The molecule has 0 amide bonds. The second kappa shape index (κ2) is 10.1. The Bertz CT molecular complexity index is 1240. The second-order valence-electron chi connectivity index (χ2n) is 9.34. The van der Waals surface area contributed by atoms with Crippen molar-refractivity contribution >= 4 is 37.5 Å². The third kappa shape index (κ3) is 5.02. The molecule has 1 atom stereocenters. The Morgan fingerprint density at radius 1 is 0.686 bits per heavy atom. The molecule has 5 rings (SSSR count). The molecule has 0 aliphatic heterocycles. The van der Waals surface area contributed by atoms with Crippen molar-refractivity contribution in [2.24, 2.45) is 0 Å². The largest absolute Gasteiger partial charge is 0.464 e. The van der Waals surface area contributed by atoms with E-state index < -0.39 is 15.8 Å². The zero-order valence-corrected chi connectivity index (χ0v) is 22.7. The van der Waals surface area contributed by atoms with Gasteiger partial charge in [-0.1, -0.05) is 83.8 Å². The van der Waals surface area contributed by atoms with Gasteiger partial charge in [-0.2, -0.15) is 0 Å². The van der Waals surface area contributed by atoms with Crippen LogP contribution in [0.15, 0.2) is 106 Å². The summed E-state index contributed by atoms with van der Waals surface area (Å²) in [6.07, 6.45) is 10.3. The first-order valence-corrected chi connectivity index (χ1v) is 14.7. The average molecular weight is 498 g/mol. The highest BCUT2D eigenvalue weighted by Gasteiger charge is 2.37. The van der Waals surface area contributed by atoms with Crippen LogP contribution in [0.3, 0.4) is 0 Å². The van der Waals surface area contributed by atoms with Crippen LogP contribution in [0.5, 0.6) is 0 Å². The summed E-state index contributed by atoms with van der Waals surface area (Å²) in [5.41, 5.74) is 7.54. The van der Waals surface area contributed by atoms with Crippen molar-refractivity contribution in [3.63, 3.8) is 0 Å². The summed E-state index contributed by atoms with van der Waals surface area (Å²) >= 11 is 0. The molecule has 0 N–H and O–H groups in total. The van der Waals surface area contributed by atoms with Gasteiger partial charge in [-0.3, -0.25) is 0 Å². The summed E-state index contributed by atoms with van der Waals surface area (Å²) < 4.78 is 11.9. The Hall–Kier alpha value is -2.66. The van der Waals surface area contributed by atoms with Crippen LogP contribution in [0, 0.1) is 33.6 Å². The van der Waals surface area contributed by atoms with E-state index >= 15 is 0 Å². The Balaban J connectivity index is 1.60. The molecule has 0 fully saturated rings. The van der Waals surface area contributed by atoms with Gasteiger partial charge in [0.2, 0.25) is 0 Å². The highest BCUT2D eigenvalue weighted by molar-refractivity contribution is 7.77. The van der Waals surface area contributed by atoms with E-state index in [-0.39, 0.29) is 0 Å². The Morgan fingerprint density at radius 2 is 1.17 bits per heavy atom. The number of hydrogen-bond donors (Lipinski definition) is 0. The molecule has 1 aliphatic rings. The van der Waals surface area contributed by atoms with Gasteiger partial charge in [-0.05, 0) is 81.5 Å². The number of allylic oxidation sites excluding steroid dienone is 4. The molecule has 2 aromatic carbocycles. The minimum absolute atomic E-state index is 0.326. The molecular formula is C31H31O2P2. The molecule has 2 aromatic heterocycles. The molecule has 2 nitrogen and oxygen atoms in total. The van der Waals surface area contributed by atoms with Gasteiger partial charge in [0.1, 0.15) is 11.0 Å². The Kier molecular flexibility index (Phi) is 6.97. The van der Waals surface area contributed by atoms with Gasteiger partial charge in [0.15, 0.2) is 0 Å². The number of aryl methyl sites for hydroxylation is 4. The minimum Gasteiger partial charge on any atom is -0.464 e. The van der Waals surface area contributed by atoms with E-state index in [0.717, 1.165) is 11.0 Å². The van der Waals surface area contributed by atoms with Crippen LogP contribution in [0.2, 0.25) is 0 Å². The zero-order valence-electron chi connectivity index (χ0n) is 20.9. The first-order valence-electron chi connectivity index (χ1n) is 12.0. The lowest BCUT2D eigenvalue weighted by atomic mass is 10.1. The molecule has 0 spiro atoms. The summed E-state index contributed by atoms with van der Waals surface area (Å²) in [5.74, 6) is 1.38. The lowest BCUT2D eigenvalue weighted by Gasteiger charge is -2.33. The van der Waals surface area contributed by atoms with Gasteiger partial charge in [0.05, 0.1) is 20.4 Å². The first-order chi connectivity index (χ1) is 16.9. The van der Waals surface area contributed by atoms with Crippen molar-refractivity contribution in [3.8, 4) is 0 Å². The van der Waals surface area contributed by atoms with Gasteiger partial charge < -0.3 is 8.83 Å². The van der Waals surface area contributed by atoms with Crippen molar-refractivity contribution in [1.82, 2.24) is 0 Å². The van der Waals surface area contributed by atoms with Gasteiger partial charge in [0, 0.05) is 5.92 Å². The molecule has 0 bridgehead atoms. The normalized spacial score (nSPS) is 14.8. The van der Waals surface area contributed by atoms with E-state index in [1.807, 2.05) is 12.1 Å². The molecule has 0 saturated carbocycles. The van der Waals surface area contributed by atoms with Crippen LogP contribution in [0.25, 0.3) is 0 Å². The maximum atomic E-state index is 5.94. The van der Waals surface area contributed by atoms with E-state index in [1.165, 1.54) is 44.1 Å². The summed E-state index contributed by atoms with van der Waals surface area (Å²) in [7, 11) is -1.53.